The molecule has 0 bridgehead atoms. The molecule has 0 radical (unpaired) electrons. The van der Waals surface area contributed by atoms with Crippen LogP contribution in [0, 0.1) is 0 Å². The summed E-state index contributed by atoms with van der Waals surface area (Å²) in [6.07, 6.45) is 0. The topological polar surface area (TPSA) is 58.1 Å². The van der Waals surface area contributed by atoms with Crippen LogP contribution in [0.25, 0.3) is 0 Å². The summed E-state index contributed by atoms with van der Waals surface area (Å²) in [6, 6.07) is 9.96. The third-order valence-corrected chi connectivity index (χ3v) is 3.29. The molecule has 17 heavy (non-hydrogen) atoms. The maximum atomic E-state index is 8.99. The van der Waals surface area contributed by atoms with Crippen molar-refractivity contribution in [3.8, 4) is 0 Å². The van der Waals surface area contributed by atoms with Gasteiger partial charge in [0, 0.05) is 0 Å². The quantitative estimate of drug-likeness (QED) is 0.891. The second kappa shape index (κ2) is 5.95. The van der Waals surface area contributed by atoms with Crippen LogP contribution in [-0.2, 0) is 24.6 Å². The van der Waals surface area contributed by atoms with Crippen molar-refractivity contribution in [2.24, 2.45) is 0 Å². The summed E-state index contributed by atoms with van der Waals surface area (Å²) in [4.78, 5) is 0. The van der Waals surface area contributed by atoms with E-state index in [0.29, 0.717) is 18.9 Å². The molecule has 4 nitrogen and oxygen atoms in total. The van der Waals surface area contributed by atoms with Gasteiger partial charge in [0.25, 0.3) is 0 Å². The summed E-state index contributed by atoms with van der Waals surface area (Å²) in [5.41, 5.74) is 2.56. The molecule has 1 heterocycles. The maximum Gasteiger partial charge on any atom is 0.102 e. The standard InChI is InChI=1S/C12H13BrN2O2/c13-12-10(6-16)14-15-11(12)8-17-7-9-4-2-1-3-5-9/h1-5,16H,6-8H2,(H,14,15). The molecule has 0 saturated carbocycles. The Morgan fingerprint density at radius 3 is 2.65 bits per heavy atom. The predicted octanol–water partition coefficient (Wildman–Crippen LogP) is 2.38. The summed E-state index contributed by atoms with van der Waals surface area (Å²) in [7, 11) is 0. The first-order valence-corrected chi connectivity index (χ1v) is 6.04. The fourth-order valence-corrected chi connectivity index (χ4v) is 1.86. The average molecular weight is 297 g/mol. The van der Waals surface area contributed by atoms with Crippen molar-refractivity contribution in [2.45, 2.75) is 19.8 Å². The molecular formula is C12H13BrN2O2. The Kier molecular flexibility index (Phi) is 4.30. The van der Waals surface area contributed by atoms with Gasteiger partial charge in [0.05, 0.1) is 30.0 Å². The van der Waals surface area contributed by atoms with E-state index in [1.54, 1.807) is 0 Å². The molecule has 0 saturated heterocycles. The van der Waals surface area contributed by atoms with Gasteiger partial charge in [-0.15, -0.1) is 0 Å². The minimum absolute atomic E-state index is 0.0632. The molecule has 2 aromatic rings. The molecular weight excluding hydrogens is 284 g/mol. The van der Waals surface area contributed by atoms with E-state index in [0.717, 1.165) is 15.7 Å². The Morgan fingerprint density at radius 2 is 2.00 bits per heavy atom. The lowest BCUT2D eigenvalue weighted by Crippen LogP contribution is -1.95. The molecule has 0 aliphatic rings. The van der Waals surface area contributed by atoms with Crippen molar-refractivity contribution in [3.05, 3.63) is 51.8 Å². The molecule has 0 atom stereocenters. The molecule has 0 unspecified atom stereocenters. The summed E-state index contributed by atoms with van der Waals surface area (Å²) >= 11 is 3.36. The Morgan fingerprint density at radius 1 is 1.24 bits per heavy atom. The van der Waals surface area contributed by atoms with Crippen LogP contribution in [0.5, 0.6) is 0 Å². The first-order valence-electron chi connectivity index (χ1n) is 5.25. The number of nitrogens with one attached hydrogen (secondary N) is 1. The second-order valence-electron chi connectivity index (χ2n) is 3.60. The van der Waals surface area contributed by atoms with Gasteiger partial charge in [-0.25, -0.2) is 0 Å². The van der Waals surface area contributed by atoms with Crippen molar-refractivity contribution < 1.29 is 9.84 Å². The number of hydrogen-bond acceptors (Lipinski definition) is 3. The van der Waals surface area contributed by atoms with Crippen LogP contribution in [-0.4, -0.2) is 15.3 Å². The van der Waals surface area contributed by atoms with Gasteiger partial charge in [-0.1, -0.05) is 30.3 Å². The molecule has 0 amide bonds. The van der Waals surface area contributed by atoms with Gasteiger partial charge in [-0.3, -0.25) is 5.10 Å². The van der Waals surface area contributed by atoms with Crippen LogP contribution in [0.2, 0.25) is 0 Å². The van der Waals surface area contributed by atoms with Crippen LogP contribution in [0.1, 0.15) is 17.0 Å². The number of aromatic amines is 1. The van der Waals surface area contributed by atoms with Crippen molar-refractivity contribution in [1.82, 2.24) is 10.2 Å². The number of aliphatic hydroxyl groups excluding tert-OH is 1. The zero-order valence-electron chi connectivity index (χ0n) is 9.19. The largest absolute Gasteiger partial charge is 0.390 e. The minimum Gasteiger partial charge on any atom is -0.390 e. The molecule has 0 fully saturated rings. The van der Waals surface area contributed by atoms with Crippen LogP contribution in [0.4, 0.5) is 0 Å². The Hall–Kier alpha value is -1.17. The lowest BCUT2D eigenvalue weighted by molar-refractivity contribution is 0.104. The monoisotopic (exact) mass is 296 g/mol. The molecule has 1 aromatic heterocycles. The van der Waals surface area contributed by atoms with Gasteiger partial charge in [-0.05, 0) is 21.5 Å². The molecule has 0 aliphatic heterocycles. The predicted molar refractivity (Wildman–Crippen MR) is 67.1 cm³/mol. The molecule has 0 spiro atoms. The van der Waals surface area contributed by atoms with Gasteiger partial charge in [0.15, 0.2) is 0 Å². The van der Waals surface area contributed by atoms with Crippen LogP contribution >= 0.6 is 15.9 Å². The highest BCUT2D eigenvalue weighted by Gasteiger charge is 2.09. The second-order valence-corrected chi connectivity index (χ2v) is 4.39. The molecule has 0 aliphatic carbocycles. The van der Waals surface area contributed by atoms with E-state index < -0.39 is 0 Å². The summed E-state index contributed by atoms with van der Waals surface area (Å²) in [5, 5.41) is 15.8. The highest BCUT2D eigenvalue weighted by atomic mass is 79.9. The number of ether oxygens (including phenoxy) is 1. The Balaban J connectivity index is 1.88. The summed E-state index contributed by atoms with van der Waals surface area (Å²) in [6.45, 7) is 0.896. The Labute approximate surface area is 108 Å². The number of H-pyrrole nitrogens is 1. The fourth-order valence-electron chi connectivity index (χ4n) is 1.45. The minimum atomic E-state index is -0.0632. The van der Waals surface area contributed by atoms with Gasteiger partial charge < -0.3 is 9.84 Å². The SMILES string of the molecule is OCc1[nH]nc(COCc2ccccc2)c1Br. The van der Waals surface area contributed by atoms with Gasteiger partial charge >= 0.3 is 0 Å². The number of aromatic nitrogens is 2. The van der Waals surface area contributed by atoms with Crippen molar-refractivity contribution in [3.63, 3.8) is 0 Å². The lowest BCUT2D eigenvalue weighted by Gasteiger charge is -2.02. The van der Waals surface area contributed by atoms with E-state index in [-0.39, 0.29) is 6.61 Å². The highest BCUT2D eigenvalue weighted by Crippen LogP contribution is 2.20. The van der Waals surface area contributed by atoms with E-state index in [4.69, 9.17) is 9.84 Å². The maximum absolute atomic E-state index is 8.99. The molecule has 90 valence electrons. The third-order valence-electron chi connectivity index (χ3n) is 2.35. The number of nitrogens with zero attached hydrogens (tertiary/aromatic N) is 1. The number of hydrogen-bond donors (Lipinski definition) is 2. The van der Waals surface area contributed by atoms with E-state index in [2.05, 4.69) is 26.1 Å². The first-order chi connectivity index (χ1) is 8.31. The van der Waals surface area contributed by atoms with Gasteiger partial charge in [-0.2, -0.15) is 5.10 Å². The third kappa shape index (κ3) is 3.15. The van der Waals surface area contributed by atoms with Crippen LogP contribution in [0.3, 0.4) is 0 Å². The molecule has 5 heteroatoms. The normalized spacial score (nSPS) is 10.7. The Bertz CT molecular complexity index is 471. The summed E-state index contributed by atoms with van der Waals surface area (Å²) in [5.74, 6) is 0. The number of halogens is 1. The summed E-state index contributed by atoms with van der Waals surface area (Å²) < 4.78 is 6.34. The molecule has 2 rings (SSSR count). The average Bonchev–Trinajstić information content (AvgIpc) is 2.72. The van der Waals surface area contributed by atoms with Crippen molar-refractivity contribution in [2.75, 3.05) is 0 Å². The van der Waals surface area contributed by atoms with E-state index >= 15 is 0 Å². The highest BCUT2D eigenvalue weighted by molar-refractivity contribution is 9.10. The molecule has 2 N–H and O–H groups in total. The number of benzene rings is 1. The van der Waals surface area contributed by atoms with E-state index in [1.165, 1.54) is 0 Å². The van der Waals surface area contributed by atoms with E-state index in [1.807, 2.05) is 30.3 Å². The van der Waals surface area contributed by atoms with Gasteiger partial charge in [0.2, 0.25) is 0 Å². The van der Waals surface area contributed by atoms with Crippen LogP contribution in [0.15, 0.2) is 34.8 Å². The zero-order chi connectivity index (χ0) is 12.1. The zero-order valence-corrected chi connectivity index (χ0v) is 10.8. The first kappa shape index (κ1) is 12.3. The molecule has 1 aromatic carbocycles. The fraction of sp³-hybridized carbons (Fsp3) is 0.250. The van der Waals surface area contributed by atoms with Crippen LogP contribution < -0.4 is 0 Å². The smallest absolute Gasteiger partial charge is 0.102 e. The number of rotatable bonds is 5. The van der Waals surface area contributed by atoms with Gasteiger partial charge in [0.1, 0.15) is 5.69 Å². The number of aliphatic hydroxyl groups is 1. The lowest BCUT2D eigenvalue weighted by atomic mass is 10.2. The van der Waals surface area contributed by atoms with E-state index in [9.17, 15) is 0 Å². The van der Waals surface area contributed by atoms with Crippen molar-refractivity contribution in [1.29, 1.82) is 0 Å². The van der Waals surface area contributed by atoms with Crippen molar-refractivity contribution >= 4 is 15.9 Å².